The monoisotopic (exact) mass is 301 g/mol. The Kier molecular flexibility index (Phi) is 4.76. The minimum Gasteiger partial charge on any atom is -0.486 e. The van der Waals surface area contributed by atoms with Gasteiger partial charge in [-0.3, -0.25) is 4.98 Å². The van der Waals surface area contributed by atoms with Crippen molar-refractivity contribution < 1.29 is 14.2 Å². The van der Waals surface area contributed by atoms with Crippen LogP contribution in [0.5, 0.6) is 5.75 Å². The maximum absolute atomic E-state index is 5.81. The van der Waals surface area contributed by atoms with Crippen molar-refractivity contribution in [2.24, 2.45) is 0 Å². The highest BCUT2D eigenvalue weighted by Gasteiger charge is 2.42. The van der Waals surface area contributed by atoms with Gasteiger partial charge in [-0.1, -0.05) is 15.9 Å². The standard InChI is InChI=1S/C12H16BrNO3/c1-15-5-6-16-12-10(13)7-11(12)17-9-3-2-4-14-8-9/h2-4,8,10-12H,5-7H2,1H3. The Morgan fingerprint density at radius 3 is 3.00 bits per heavy atom. The first-order valence-electron chi connectivity index (χ1n) is 5.62. The van der Waals surface area contributed by atoms with Crippen LogP contribution >= 0.6 is 15.9 Å². The van der Waals surface area contributed by atoms with Gasteiger partial charge >= 0.3 is 0 Å². The minimum absolute atomic E-state index is 0.0883. The summed E-state index contributed by atoms with van der Waals surface area (Å²) in [7, 11) is 1.67. The Labute approximate surface area is 109 Å². The zero-order valence-electron chi connectivity index (χ0n) is 9.71. The second kappa shape index (κ2) is 6.33. The average Bonchev–Trinajstić information content (AvgIpc) is 2.35. The Balaban J connectivity index is 1.81. The maximum Gasteiger partial charge on any atom is 0.138 e. The summed E-state index contributed by atoms with van der Waals surface area (Å²) in [6, 6.07) is 3.77. The van der Waals surface area contributed by atoms with E-state index in [0.29, 0.717) is 18.0 Å². The number of halogens is 1. The topological polar surface area (TPSA) is 40.6 Å². The summed E-state index contributed by atoms with van der Waals surface area (Å²) in [5, 5.41) is 0. The van der Waals surface area contributed by atoms with Gasteiger partial charge in [0.15, 0.2) is 0 Å². The van der Waals surface area contributed by atoms with Gasteiger partial charge in [0.1, 0.15) is 18.0 Å². The Bertz CT molecular complexity index is 336. The van der Waals surface area contributed by atoms with E-state index in [2.05, 4.69) is 20.9 Å². The van der Waals surface area contributed by atoms with Gasteiger partial charge < -0.3 is 14.2 Å². The molecule has 5 heteroatoms. The van der Waals surface area contributed by atoms with Gasteiger partial charge in [-0.15, -0.1) is 0 Å². The highest BCUT2D eigenvalue weighted by Crippen LogP contribution is 2.33. The molecule has 17 heavy (non-hydrogen) atoms. The van der Waals surface area contributed by atoms with Crippen molar-refractivity contribution in [1.82, 2.24) is 4.98 Å². The number of pyridine rings is 1. The van der Waals surface area contributed by atoms with Crippen LogP contribution in [0.25, 0.3) is 0 Å². The molecule has 0 bridgehead atoms. The van der Waals surface area contributed by atoms with Gasteiger partial charge in [-0.2, -0.15) is 0 Å². The summed E-state index contributed by atoms with van der Waals surface area (Å²) in [5.41, 5.74) is 0. The van der Waals surface area contributed by atoms with E-state index in [4.69, 9.17) is 14.2 Å². The van der Waals surface area contributed by atoms with E-state index in [-0.39, 0.29) is 12.2 Å². The second-order valence-corrected chi connectivity index (χ2v) is 5.10. The second-order valence-electron chi connectivity index (χ2n) is 3.92. The number of methoxy groups -OCH3 is 1. The molecule has 2 rings (SSSR count). The summed E-state index contributed by atoms with van der Waals surface area (Å²) in [6.07, 6.45) is 4.58. The molecule has 3 unspecified atom stereocenters. The number of rotatable bonds is 6. The van der Waals surface area contributed by atoms with Gasteiger partial charge in [0.05, 0.1) is 19.4 Å². The third kappa shape index (κ3) is 3.40. The largest absolute Gasteiger partial charge is 0.486 e. The molecular weight excluding hydrogens is 286 g/mol. The summed E-state index contributed by atoms with van der Waals surface area (Å²) in [4.78, 5) is 4.38. The van der Waals surface area contributed by atoms with Crippen LogP contribution < -0.4 is 4.74 Å². The van der Waals surface area contributed by atoms with Gasteiger partial charge in [0.25, 0.3) is 0 Å². The molecule has 1 aromatic rings. The summed E-state index contributed by atoms with van der Waals surface area (Å²) in [6.45, 7) is 1.20. The molecule has 1 heterocycles. The van der Waals surface area contributed by atoms with Gasteiger partial charge in [-0.05, 0) is 12.1 Å². The Hall–Kier alpha value is -0.650. The maximum atomic E-state index is 5.81. The molecular formula is C12H16BrNO3. The van der Waals surface area contributed by atoms with Crippen LogP contribution in [-0.4, -0.2) is 42.3 Å². The summed E-state index contributed by atoms with van der Waals surface area (Å²) in [5.74, 6) is 0.789. The van der Waals surface area contributed by atoms with Crippen molar-refractivity contribution in [3.63, 3.8) is 0 Å². The van der Waals surface area contributed by atoms with Crippen molar-refractivity contribution in [3.8, 4) is 5.75 Å². The highest BCUT2D eigenvalue weighted by molar-refractivity contribution is 9.09. The molecule has 0 aromatic carbocycles. The van der Waals surface area contributed by atoms with E-state index >= 15 is 0 Å². The molecule has 0 aliphatic heterocycles. The van der Waals surface area contributed by atoms with Crippen LogP contribution in [-0.2, 0) is 9.47 Å². The van der Waals surface area contributed by atoms with Crippen LogP contribution in [0.1, 0.15) is 6.42 Å². The van der Waals surface area contributed by atoms with Crippen LogP contribution in [0.3, 0.4) is 0 Å². The fraction of sp³-hybridized carbons (Fsp3) is 0.583. The molecule has 1 saturated carbocycles. The summed E-state index contributed by atoms with van der Waals surface area (Å²) < 4.78 is 16.5. The number of nitrogens with zero attached hydrogens (tertiary/aromatic N) is 1. The number of ether oxygens (including phenoxy) is 3. The first-order chi connectivity index (χ1) is 8.31. The first-order valence-corrected chi connectivity index (χ1v) is 6.54. The van der Waals surface area contributed by atoms with Crippen molar-refractivity contribution in [2.75, 3.05) is 20.3 Å². The molecule has 1 fully saturated rings. The lowest BCUT2D eigenvalue weighted by molar-refractivity contribution is -0.0866. The molecule has 0 radical (unpaired) electrons. The van der Waals surface area contributed by atoms with E-state index in [1.165, 1.54) is 0 Å². The first kappa shape index (κ1) is 12.8. The van der Waals surface area contributed by atoms with Crippen LogP contribution in [0, 0.1) is 0 Å². The van der Waals surface area contributed by atoms with E-state index < -0.39 is 0 Å². The van der Waals surface area contributed by atoms with E-state index in [0.717, 1.165) is 12.2 Å². The van der Waals surface area contributed by atoms with Crippen LogP contribution in [0.15, 0.2) is 24.5 Å². The van der Waals surface area contributed by atoms with Gasteiger partial charge in [-0.25, -0.2) is 0 Å². The molecule has 3 atom stereocenters. The normalized spacial score (nSPS) is 27.5. The zero-order valence-corrected chi connectivity index (χ0v) is 11.3. The smallest absolute Gasteiger partial charge is 0.138 e. The molecule has 1 aromatic heterocycles. The molecule has 1 aliphatic rings. The number of alkyl halides is 1. The predicted octanol–water partition coefficient (Wildman–Crippen LogP) is 2.03. The number of aromatic nitrogens is 1. The fourth-order valence-corrected chi connectivity index (χ4v) is 2.57. The summed E-state index contributed by atoms with van der Waals surface area (Å²) >= 11 is 3.57. The molecule has 0 N–H and O–H groups in total. The lowest BCUT2D eigenvalue weighted by atomic mass is 9.91. The molecule has 0 spiro atoms. The average molecular weight is 302 g/mol. The van der Waals surface area contributed by atoms with Gasteiger partial charge in [0.2, 0.25) is 0 Å². The van der Waals surface area contributed by atoms with E-state index in [1.54, 1.807) is 19.5 Å². The highest BCUT2D eigenvalue weighted by atomic mass is 79.9. The van der Waals surface area contributed by atoms with Crippen molar-refractivity contribution in [1.29, 1.82) is 0 Å². The molecule has 1 aliphatic carbocycles. The van der Waals surface area contributed by atoms with Crippen LogP contribution in [0.2, 0.25) is 0 Å². The number of hydrogen-bond donors (Lipinski definition) is 0. The van der Waals surface area contributed by atoms with Crippen molar-refractivity contribution >= 4 is 15.9 Å². The molecule has 0 amide bonds. The van der Waals surface area contributed by atoms with Crippen molar-refractivity contribution in [3.05, 3.63) is 24.5 Å². The number of hydrogen-bond acceptors (Lipinski definition) is 4. The SMILES string of the molecule is COCCOC1C(Br)CC1Oc1cccnc1. The lowest BCUT2D eigenvalue weighted by Crippen LogP contribution is -2.52. The molecule has 94 valence electrons. The van der Waals surface area contributed by atoms with E-state index in [1.807, 2.05) is 12.1 Å². The minimum atomic E-state index is 0.0883. The fourth-order valence-electron chi connectivity index (χ4n) is 1.71. The van der Waals surface area contributed by atoms with Gasteiger partial charge in [0, 0.05) is 24.6 Å². The molecule has 0 saturated heterocycles. The third-order valence-electron chi connectivity index (χ3n) is 2.70. The third-order valence-corrected chi connectivity index (χ3v) is 3.59. The molecule has 4 nitrogen and oxygen atoms in total. The Morgan fingerprint density at radius 2 is 2.35 bits per heavy atom. The predicted molar refractivity (Wildman–Crippen MR) is 67.6 cm³/mol. The zero-order chi connectivity index (χ0) is 12.1. The Morgan fingerprint density at radius 1 is 1.47 bits per heavy atom. The quantitative estimate of drug-likeness (QED) is 0.595. The van der Waals surface area contributed by atoms with Crippen molar-refractivity contribution in [2.45, 2.75) is 23.5 Å². The lowest BCUT2D eigenvalue weighted by Gasteiger charge is -2.40. The van der Waals surface area contributed by atoms with Crippen LogP contribution in [0.4, 0.5) is 0 Å². The van der Waals surface area contributed by atoms with E-state index in [9.17, 15) is 0 Å².